The highest BCUT2D eigenvalue weighted by Gasteiger charge is 2.23. The Labute approximate surface area is 132 Å². The van der Waals surface area contributed by atoms with Crippen molar-refractivity contribution in [2.45, 2.75) is 38.9 Å². The molecule has 6 nitrogen and oxygen atoms in total. The molecule has 0 bridgehead atoms. The summed E-state index contributed by atoms with van der Waals surface area (Å²) >= 11 is 0. The maximum atomic E-state index is 10.9. The Morgan fingerprint density at radius 3 is 2.00 bits per heavy atom. The van der Waals surface area contributed by atoms with Gasteiger partial charge in [-0.2, -0.15) is 8.42 Å². The lowest BCUT2D eigenvalue weighted by molar-refractivity contribution is -0.144. The van der Waals surface area contributed by atoms with E-state index in [1.807, 2.05) is 20.8 Å². The molecule has 0 aliphatic carbocycles. The van der Waals surface area contributed by atoms with Gasteiger partial charge in [-0.1, -0.05) is 30.3 Å². The molecule has 1 atom stereocenters. The first-order chi connectivity index (χ1) is 9.94. The van der Waals surface area contributed by atoms with Crippen molar-refractivity contribution in [1.82, 2.24) is 0 Å². The van der Waals surface area contributed by atoms with Crippen molar-refractivity contribution in [2.75, 3.05) is 13.4 Å². The van der Waals surface area contributed by atoms with E-state index in [1.165, 1.54) is 0 Å². The summed E-state index contributed by atoms with van der Waals surface area (Å²) in [6.45, 7) is 6.06. The summed E-state index contributed by atoms with van der Waals surface area (Å²) in [7, 11) is -2.06. The highest BCUT2D eigenvalue weighted by Crippen LogP contribution is 2.08. The topological polar surface area (TPSA) is 89.9 Å². The van der Waals surface area contributed by atoms with E-state index < -0.39 is 22.2 Å². The van der Waals surface area contributed by atoms with Crippen molar-refractivity contribution in [3.05, 3.63) is 35.9 Å². The maximum Gasteiger partial charge on any atom is 0.334 e. The zero-order chi connectivity index (χ0) is 17.4. The van der Waals surface area contributed by atoms with E-state index in [9.17, 15) is 13.2 Å². The number of benzene rings is 1. The molecule has 0 heterocycles. The zero-order valence-electron chi connectivity index (χ0n) is 13.6. The quantitative estimate of drug-likeness (QED) is 0.830. The Morgan fingerprint density at radius 1 is 1.23 bits per heavy atom. The average molecular weight is 332 g/mol. The van der Waals surface area contributed by atoms with Gasteiger partial charge in [0, 0.05) is 13.5 Å². The Morgan fingerprint density at radius 2 is 1.68 bits per heavy atom. The third-order valence-corrected chi connectivity index (χ3v) is 3.02. The lowest BCUT2D eigenvalue weighted by atomic mass is 10.1. The average Bonchev–Trinajstić information content (AvgIpc) is 2.37. The summed E-state index contributed by atoms with van der Waals surface area (Å²) in [4.78, 5) is 10.8. The van der Waals surface area contributed by atoms with E-state index in [2.05, 4.69) is 4.18 Å². The number of rotatable bonds is 5. The van der Waals surface area contributed by atoms with Crippen molar-refractivity contribution >= 4 is 16.1 Å². The fourth-order valence-corrected chi connectivity index (χ4v) is 1.77. The fourth-order valence-electron chi connectivity index (χ4n) is 1.20. The molecule has 1 N–H and O–H groups in total. The van der Waals surface area contributed by atoms with Crippen LogP contribution in [-0.4, -0.2) is 44.6 Å². The second-order valence-electron chi connectivity index (χ2n) is 5.63. The molecule has 0 aliphatic heterocycles. The second-order valence-corrected chi connectivity index (χ2v) is 7.23. The number of methoxy groups -OCH3 is 1. The highest BCUT2D eigenvalue weighted by molar-refractivity contribution is 7.86. The minimum absolute atomic E-state index is 0.0171. The number of hydrogen-bond donors (Lipinski definition) is 1. The molecule has 0 radical (unpaired) electrons. The van der Waals surface area contributed by atoms with Crippen LogP contribution in [0, 0.1) is 0 Å². The predicted octanol–water partition coefficient (Wildman–Crippen LogP) is 2.09. The van der Waals surface area contributed by atoms with E-state index >= 15 is 0 Å². The van der Waals surface area contributed by atoms with Gasteiger partial charge >= 0.3 is 5.97 Å². The largest absolute Gasteiger partial charge is 0.479 e. The number of carboxylic acids is 1. The van der Waals surface area contributed by atoms with Crippen LogP contribution in [-0.2, 0) is 30.3 Å². The Balaban J connectivity index is 0.000000626. The van der Waals surface area contributed by atoms with Gasteiger partial charge in [0.1, 0.15) is 0 Å². The molecule has 0 aliphatic rings. The molecular formula is C15H24O6S. The molecule has 0 fully saturated rings. The first-order valence-electron chi connectivity index (χ1n) is 6.65. The summed E-state index contributed by atoms with van der Waals surface area (Å²) < 4.78 is 31.1. The van der Waals surface area contributed by atoms with Crippen LogP contribution < -0.4 is 0 Å². The fraction of sp³-hybridized carbons (Fsp3) is 0.533. The number of ether oxygens (including phenoxy) is 1. The Bertz CT molecular complexity index is 545. The van der Waals surface area contributed by atoms with Gasteiger partial charge in [-0.3, -0.25) is 4.18 Å². The summed E-state index contributed by atoms with van der Waals surface area (Å²) in [5.41, 5.74) is 0.749. The lowest BCUT2D eigenvalue weighted by Crippen LogP contribution is -2.28. The number of aliphatic carboxylic acids is 1. The van der Waals surface area contributed by atoms with E-state index in [0.717, 1.165) is 6.26 Å². The minimum Gasteiger partial charge on any atom is -0.479 e. The summed E-state index contributed by atoms with van der Waals surface area (Å²) in [6, 6.07) is 8.70. The van der Waals surface area contributed by atoms with Crippen LogP contribution in [0.5, 0.6) is 0 Å². The van der Waals surface area contributed by atoms with Crippen LogP contribution in [0.2, 0.25) is 0 Å². The molecule has 1 aromatic carbocycles. The third kappa shape index (κ3) is 11.2. The summed E-state index contributed by atoms with van der Waals surface area (Å²) in [5.74, 6) is -1.30. The molecule has 1 rings (SSSR count). The normalized spacial score (nSPS) is 13.0. The maximum absolute atomic E-state index is 10.9. The predicted molar refractivity (Wildman–Crippen MR) is 84.3 cm³/mol. The van der Waals surface area contributed by atoms with Gasteiger partial charge in [-0.25, -0.2) is 4.79 Å². The smallest absolute Gasteiger partial charge is 0.334 e. The monoisotopic (exact) mass is 332 g/mol. The summed E-state index contributed by atoms with van der Waals surface area (Å²) in [5, 5.41) is 8.81. The van der Waals surface area contributed by atoms with E-state index in [1.54, 1.807) is 37.4 Å². The molecular weight excluding hydrogens is 308 g/mol. The molecule has 0 spiro atoms. The molecule has 7 heteroatoms. The van der Waals surface area contributed by atoms with Crippen molar-refractivity contribution in [3.8, 4) is 0 Å². The standard InChI is InChI=1S/C10H12O5S.C5H12O/c1-16(13,14)15-9(10(11)12)7-8-5-3-2-4-6-8;1-5(2,3)6-4/h2-6,9H,7H2,1H3,(H,11,12);1-4H3/t9-;/m0./s1. The first kappa shape index (κ1) is 20.6. The van der Waals surface area contributed by atoms with Crippen LogP contribution in [0.25, 0.3) is 0 Å². The second kappa shape index (κ2) is 8.87. The van der Waals surface area contributed by atoms with Gasteiger partial charge in [0.2, 0.25) is 0 Å². The molecule has 0 saturated heterocycles. The number of carboxylic acid groups (broad SMARTS) is 1. The van der Waals surface area contributed by atoms with Crippen LogP contribution >= 0.6 is 0 Å². The molecule has 126 valence electrons. The summed E-state index contributed by atoms with van der Waals surface area (Å²) in [6.07, 6.45) is -0.533. The molecule has 0 unspecified atom stereocenters. The van der Waals surface area contributed by atoms with Gasteiger partial charge in [-0.05, 0) is 26.3 Å². The van der Waals surface area contributed by atoms with E-state index in [-0.39, 0.29) is 12.0 Å². The highest BCUT2D eigenvalue weighted by atomic mass is 32.2. The van der Waals surface area contributed by atoms with Crippen molar-refractivity contribution < 1.29 is 27.2 Å². The SMILES string of the molecule is COC(C)(C)C.CS(=O)(=O)O[C@@H](Cc1ccccc1)C(=O)O. The zero-order valence-corrected chi connectivity index (χ0v) is 14.4. The minimum atomic E-state index is -3.77. The molecule has 0 aromatic heterocycles. The van der Waals surface area contributed by atoms with Crippen molar-refractivity contribution in [2.24, 2.45) is 0 Å². The molecule has 0 saturated carbocycles. The Hall–Kier alpha value is -1.44. The van der Waals surface area contributed by atoms with Crippen LogP contribution in [0.3, 0.4) is 0 Å². The molecule has 0 amide bonds. The lowest BCUT2D eigenvalue weighted by Gasteiger charge is -2.14. The van der Waals surface area contributed by atoms with Gasteiger partial charge in [0.25, 0.3) is 10.1 Å². The van der Waals surface area contributed by atoms with Crippen LogP contribution in [0.15, 0.2) is 30.3 Å². The van der Waals surface area contributed by atoms with Gasteiger partial charge in [0.05, 0.1) is 11.9 Å². The number of hydrogen-bond acceptors (Lipinski definition) is 5. The van der Waals surface area contributed by atoms with E-state index in [0.29, 0.717) is 5.56 Å². The van der Waals surface area contributed by atoms with Crippen LogP contribution in [0.4, 0.5) is 0 Å². The first-order valence-corrected chi connectivity index (χ1v) is 8.46. The number of carbonyl (C=O) groups is 1. The van der Waals surface area contributed by atoms with Crippen molar-refractivity contribution in [3.63, 3.8) is 0 Å². The van der Waals surface area contributed by atoms with Gasteiger partial charge in [0.15, 0.2) is 6.10 Å². The molecule has 1 aromatic rings. The molecule has 22 heavy (non-hydrogen) atoms. The van der Waals surface area contributed by atoms with Crippen LogP contribution in [0.1, 0.15) is 26.3 Å². The van der Waals surface area contributed by atoms with E-state index in [4.69, 9.17) is 9.84 Å². The van der Waals surface area contributed by atoms with Crippen molar-refractivity contribution in [1.29, 1.82) is 0 Å². The van der Waals surface area contributed by atoms with Gasteiger partial charge in [-0.15, -0.1) is 0 Å². The Kier molecular flexibility index (Phi) is 8.29. The van der Waals surface area contributed by atoms with Gasteiger partial charge < -0.3 is 9.84 Å². The third-order valence-electron chi connectivity index (χ3n) is 2.44.